The molecule has 0 aliphatic rings. The number of benzene rings is 2. The van der Waals surface area contributed by atoms with Crippen molar-refractivity contribution in [3.05, 3.63) is 71.9 Å². The first kappa shape index (κ1) is 30.8. The Balaban J connectivity index is 1.76. The van der Waals surface area contributed by atoms with Gasteiger partial charge in [0.25, 0.3) is 0 Å². The van der Waals surface area contributed by atoms with Crippen molar-refractivity contribution in [3.8, 4) is 0 Å². The van der Waals surface area contributed by atoms with Crippen LogP contribution in [0, 0.1) is 0 Å². The Kier molecular flexibility index (Phi) is 10.6. The van der Waals surface area contributed by atoms with Gasteiger partial charge in [-0.3, -0.25) is 19.2 Å². The van der Waals surface area contributed by atoms with Gasteiger partial charge in [-0.25, -0.2) is 4.79 Å². The van der Waals surface area contributed by atoms with E-state index in [0.29, 0.717) is 5.56 Å². The second-order valence-corrected chi connectivity index (χ2v) is 9.65. The van der Waals surface area contributed by atoms with E-state index in [1.807, 2.05) is 24.3 Å². The van der Waals surface area contributed by atoms with E-state index in [1.54, 1.807) is 36.5 Å². The fourth-order valence-corrected chi connectivity index (χ4v) is 4.27. The van der Waals surface area contributed by atoms with Crippen LogP contribution >= 0.6 is 0 Å². The minimum Gasteiger partial charge on any atom is -0.481 e. The van der Waals surface area contributed by atoms with Gasteiger partial charge < -0.3 is 42.0 Å². The topological polar surface area (TPSA) is 224 Å². The van der Waals surface area contributed by atoms with Crippen molar-refractivity contribution in [2.75, 3.05) is 0 Å². The van der Waals surface area contributed by atoms with E-state index < -0.39 is 66.4 Å². The Morgan fingerprint density at radius 1 is 0.829 bits per heavy atom. The van der Waals surface area contributed by atoms with Crippen molar-refractivity contribution in [1.82, 2.24) is 20.9 Å². The van der Waals surface area contributed by atoms with Crippen LogP contribution < -0.4 is 21.7 Å². The molecule has 9 N–H and O–H groups in total. The van der Waals surface area contributed by atoms with E-state index in [-0.39, 0.29) is 12.8 Å². The normalized spacial score (nSPS) is 14.7. The van der Waals surface area contributed by atoms with Crippen LogP contribution in [0.1, 0.15) is 24.5 Å². The van der Waals surface area contributed by atoms with Crippen molar-refractivity contribution < 1.29 is 39.3 Å². The molecule has 2 aromatic carbocycles. The minimum absolute atomic E-state index is 0.0849. The lowest BCUT2D eigenvalue weighted by molar-refractivity contribution is -0.145. The Morgan fingerprint density at radius 2 is 1.44 bits per heavy atom. The third-order valence-electron chi connectivity index (χ3n) is 6.43. The van der Waals surface area contributed by atoms with Crippen LogP contribution in [0.3, 0.4) is 0 Å². The minimum atomic E-state index is -1.66. The van der Waals surface area contributed by atoms with Gasteiger partial charge >= 0.3 is 11.9 Å². The number of carbonyl (C=O) groups excluding carboxylic acids is 3. The molecule has 0 aliphatic heterocycles. The third kappa shape index (κ3) is 8.62. The standard InChI is InChI=1S/C28H33N5O8/c1-15(34)24(28(40)41)33-27(39)21(11-16-7-3-2-4-8-16)32-26(38)22(13-23(35)36)31-25(37)19(29)12-17-14-30-20-10-6-5-9-18(17)20/h2-10,14-15,19,21-22,24,30,34H,11-13,29H2,1H3,(H,31,37)(H,32,38)(H,33,39)(H,35,36)(H,40,41). The Bertz CT molecular complexity index is 1390. The number of fused-ring (bicyclic) bond motifs is 1. The zero-order valence-electron chi connectivity index (χ0n) is 22.2. The second-order valence-electron chi connectivity index (χ2n) is 9.65. The molecule has 1 aromatic heterocycles. The average Bonchev–Trinajstić information content (AvgIpc) is 3.33. The first-order valence-electron chi connectivity index (χ1n) is 12.8. The average molecular weight is 568 g/mol. The van der Waals surface area contributed by atoms with Crippen LogP contribution in [0.25, 0.3) is 10.9 Å². The van der Waals surface area contributed by atoms with Gasteiger partial charge in [0.15, 0.2) is 6.04 Å². The molecule has 41 heavy (non-hydrogen) atoms. The Hall–Kier alpha value is -4.75. The molecule has 0 spiro atoms. The number of nitrogens with one attached hydrogen (secondary N) is 4. The molecule has 13 heteroatoms. The lowest BCUT2D eigenvalue weighted by atomic mass is 10.0. The molecular weight excluding hydrogens is 534 g/mol. The van der Waals surface area contributed by atoms with Crippen LogP contribution in [0.15, 0.2) is 60.8 Å². The molecule has 218 valence electrons. The van der Waals surface area contributed by atoms with E-state index in [9.17, 15) is 39.3 Å². The number of aromatic amines is 1. The first-order chi connectivity index (χ1) is 19.5. The summed E-state index contributed by atoms with van der Waals surface area (Å²) in [7, 11) is 0. The SMILES string of the molecule is CC(O)C(NC(=O)C(Cc1ccccc1)NC(=O)C(CC(=O)O)NC(=O)C(N)Cc1c[nH]c2ccccc12)C(=O)O. The first-order valence-corrected chi connectivity index (χ1v) is 12.8. The fourth-order valence-electron chi connectivity index (χ4n) is 4.27. The van der Waals surface area contributed by atoms with E-state index in [0.717, 1.165) is 16.5 Å². The van der Waals surface area contributed by atoms with Crippen LogP contribution in [0.2, 0.25) is 0 Å². The molecule has 3 rings (SSSR count). The molecule has 0 fully saturated rings. The maximum atomic E-state index is 13.2. The molecule has 0 radical (unpaired) electrons. The predicted molar refractivity (Wildman–Crippen MR) is 147 cm³/mol. The molecule has 3 amide bonds. The molecule has 13 nitrogen and oxygen atoms in total. The monoisotopic (exact) mass is 567 g/mol. The molecule has 0 saturated heterocycles. The van der Waals surface area contributed by atoms with Gasteiger partial charge in [-0.15, -0.1) is 0 Å². The largest absolute Gasteiger partial charge is 0.481 e. The molecular formula is C28H33N5O8. The number of carboxylic acid groups (broad SMARTS) is 2. The number of hydrogen-bond acceptors (Lipinski definition) is 7. The van der Waals surface area contributed by atoms with Crippen molar-refractivity contribution in [1.29, 1.82) is 0 Å². The Morgan fingerprint density at radius 3 is 2.07 bits per heavy atom. The fraction of sp³-hybridized carbons (Fsp3) is 0.321. The van der Waals surface area contributed by atoms with Crippen molar-refractivity contribution in [2.45, 2.75) is 56.5 Å². The number of nitrogens with two attached hydrogens (primary N) is 1. The highest BCUT2D eigenvalue weighted by atomic mass is 16.4. The van der Waals surface area contributed by atoms with Crippen LogP contribution in [-0.4, -0.2) is 80.2 Å². The molecule has 5 atom stereocenters. The van der Waals surface area contributed by atoms with Gasteiger partial charge in [-0.2, -0.15) is 0 Å². The summed E-state index contributed by atoms with van der Waals surface area (Å²) in [5, 5.41) is 36.3. The smallest absolute Gasteiger partial charge is 0.328 e. The number of rotatable bonds is 14. The third-order valence-corrected chi connectivity index (χ3v) is 6.43. The molecule has 5 unspecified atom stereocenters. The lowest BCUT2D eigenvalue weighted by Gasteiger charge is -2.25. The highest BCUT2D eigenvalue weighted by Gasteiger charge is 2.33. The maximum Gasteiger partial charge on any atom is 0.328 e. The maximum absolute atomic E-state index is 13.2. The molecule has 0 bridgehead atoms. The second kappa shape index (κ2) is 14.1. The van der Waals surface area contributed by atoms with Gasteiger partial charge in [-0.1, -0.05) is 48.5 Å². The summed E-state index contributed by atoms with van der Waals surface area (Å²) in [4.78, 5) is 65.3. The van der Waals surface area contributed by atoms with Crippen molar-refractivity contribution in [2.24, 2.45) is 5.73 Å². The van der Waals surface area contributed by atoms with E-state index >= 15 is 0 Å². The van der Waals surface area contributed by atoms with E-state index in [2.05, 4.69) is 20.9 Å². The number of hydrogen-bond donors (Lipinski definition) is 8. The van der Waals surface area contributed by atoms with Crippen LogP contribution in [-0.2, 0) is 36.8 Å². The number of aliphatic hydroxyl groups excluding tert-OH is 1. The number of aromatic nitrogens is 1. The van der Waals surface area contributed by atoms with Gasteiger partial charge in [0.05, 0.1) is 18.6 Å². The van der Waals surface area contributed by atoms with Gasteiger partial charge in [-0.05, 0) is 30.5 Å². The summed E-state index contributed by atoms with van der Waals surface area (Å²) >= 11 is 0. The predicted octanol–water partition coefficient (Wildman–Crippen LogP) is -0.325. The number of carboxylic acids is 2. The number of H-pyrrole nitrogens is 1. The van der Waals surface area contributed by atoms with Gasteiger partial charge in [0, 0.05) is 23.5 Å². The lowest BCUT2D eigenvalue weighted by Crippen LogP contribution is -2.59. The zero-order chi connectivity index (χ0) is 30.1. The molecule has 0 aliphatic carbocycles. The van der Waals surface area contributed by atoms with E-state index in [4.69, 9.17) is 5.73 Å². The number of amides is 3. The van der Waals surface area contributed by atoms with E-state index in [1.165, 1.54) is 6.92 Å². The Labute approximate surface area is 235 Å². The molecule has 0 saturated carbocycles. The van der Waals surface area contributed by atoms with Gasteiger partial charge in [0.1, 0.15) is 12.1 Å². The summed E-state index contributed by atoms with van der Waals surface area (Å²) in [6.07, 6.45) is -0.515. The number of carbonyl (C=O) groups is 5. The number of aliphatic carboxylic acids is 2. The van der Waals surface area contributed by atoms with Crippen LogP contribution in [0.4, 0.5) is 0 Å². The van der Waals surface area contributed by atoms with Crippen LogP contribution in [0.5, 0.6) is 0 Å². The van der Waals surface area contributed by atoms with Crippen molar-refractivity contribution in [3.63, 3.8) is 0 Å². The zero-order valence-corrected chi connectivity index (χ0v) is 22.2. The summed E-state index contributed by atoms with van der Waals surface area (Å²) in [5.41, 5.74) is 8.31. The number of aliphatic hydroxyl groups is 1. The highest BCUT2D eigenvalue weighted by molar-refractivity contribution is 5.96. The van der Waals surface area contributed by atoms with Crippen molar-refractivity contribution >= 4 is 40.6 Å². The summed E-state index contributed by atoms with van der Waals surface area (Å²) in [6, 6.07) is 10.2. The van der Waals surface area contributed by atoms with Gasteiger partial charge in [0.2, 0.25) is 17.7 Å². The quantitative estimate of drug-likeness (QED) is 0.128. The summed E-state index contributed by atoms with van der Waals surface area (Å²) in [6.45, 7) is 1.18. The molecule has 3 aromatic rings. The highest BCUT2D eigenvalue weighted by Crippen LogP contribution is 2.19. The molecule has 1 heterocycles. The summed E-state index contributed by atoms with van der Waals surface area (Å²) < 4.78 is 0. The summed E-state index contributed by atoms with van der Waals surface area (Å²) in [5.74, 6) is -5.56. The number of para-hydroxylation sites is 1.